The minimum atomic E-state index is 0.298. The Hall–Kier alpha value is -0.980. The van der Waals surface area contributed by atoms with E-state index in [1.807, 2.05) is 13.8 Å². The molecule has 16 heavy (non-hydrogen) atoms. The Labute approximate surface area is 100 Å². The summed E-state index contributed by atoms with van der Waals surface area (Å²) < 4.78 is 0. The molecule has 0 aromatic heterocycles. The van der Waals surface area contributed by atoms with Gasteiger partial charge in [0.15, 0.2) is 0 Å². The minimum Gasteiger partial charge on any atom is -0.384 e. The van der Waals surface area contributed by atoms with Gasteiger partial charge in [-0.25, -0.2) is 0 Å². The Balaban J connectivity index is 0.000000606. The van der Waals surface area contributed by atoms with Gasteiger partial charge >= 0.3 is 0 Å². The van der Waals surface area contributed by atoms with Crippen molar-refractivity contribution in [3.05, 3.63) is 28.8 Å². The van der Waals surface area contributed by atoms with Gasteiger partial charge in [0.25, 0.3) is 0 Å². The van der Waals surface area contributed by atoms with Crippen LogP contribution in [0.2, 0.25) is 0 Å². The van der Waals surface area contributed by atoms with E-state index < -0.39 is 0 Å². The summed E-state index contributed by atoms with van der Waals surface area (Å²) in [5, 5.41) is 3.49. The fourth-order valence-electron chi connectivity index (χ4n) is 2.25. The summed E-state index contributed by atoms with van der Waals surface area (Å²) in [4.78, 5) is 0. The first-order valence-electron chi connectivity index (χ1n) is 6.42. The topological polar surface area (TPSA) is 12.0 Å². The van der Waals surface area contributed by atoms with E-state index in [2.05, 4.69) is 45.1 Å². The quantitative estimate of drug-likeness (QED) is 0.743. The highest BCUT2D eigenvalue weighted by atomic mass is 14.9. The monoisotopic (exact) mass is 219 g/mol. The van der Waals surface area contributed by atoms with Crippen LogP contribution in [0.5, 0.6) is 0 Å². The lowest BCUT2D eigenvalue weighted by atomic mass is 9.85. The second kappa shape index (κ2) is 4.90. The van der Waals surface area contributed by atoms with E-state index in [1.165, 1.54) is 22.4 Å². The third-order valence-electron chi connectivity index (χ3n) is 3.31. The maximum Gasteiger partial charge on any atom is 0.0382 e. The first-order valence-corrected chi connectivity index (χ1v) is 6.42. The third-order valence-corrected chi connectivity index (χ3v) is 3.31. The standard InChI is InChI=1S/C13H19N.C2H6/c1-5-10-7-12-11(6-9(10)2)13(3,4)8-14-12;1-2/h6-7,14H,5,8H2,1-4H3;1-2H3. The Morgan fingerprint density at radius 1 is 1.25 bits per heavy atom. The van der Waals surface area contributed by atoms with Crippen LogP contribution in [0.15, 0.2) is 12.1 Å². The van der Waals surface area contributed by atoms with Crippen LogP contribution in [0.4, 0.5) is 5.69 Å². The molecule has 1 N–H and O–H groups in total. The van der Waals surface area contributed by atoms with Crippen LogP contribution in [-0.2, 0) is 11.8 Å². The van der Waals surface area contributed by atoms with Crippen LogP contribution in [0.25, 0.3) is 0 Å². The molecule has 1 nitrogen and oxygen atoms in total. The van der Waals surface area contributed by atoms with E-state index in [-0.39, 0.29) is 0 Å². The number of anilines is 1. The van der Waals surface area contributed by atoms with Crippen LogP contribution in [0.3, 0.4) is 0 Å². The van der Waals surface area contributed by atoms with Crippen LogP contribution in [0, 0.1) is 6.92 Å². The predicted molar refractivity (Wildman–Crippen MR) is 73.4 cm³/mol. The molecule has 0 amide bonds. The summed E-state index contributed by atoms with van der Waals surface area (Å²) in [6.45, 7) is 14.1. The van der Waals surface area contributed by atoms with Gasteiger partial charge in [0.2, 0.25) is 0 Å². The lowest BCUT2D eigenvalue weighted by Gasteiger charge is -2.18. The fraction of sp³-hybridized carbons (Fsp3) is 0.600. The normalized spacial score (nSPS) is 15.9. The van der Waals surface area contributed by atoms with Crippen molar-refractivity contribution in [3.8, 4) is 0 Å². The van der Waals surface area contributed by atoms with E-state index >= 15 is 0 Å². The van der Waals surface area contributed by atoms with Crippen molar-refractivity contribution in [1.82, 2.24) is 0 Å². The van der Waals surface area contributed by atoms with E-state index in [4.69, 9.17) is 0 Å². The van der Waals surface area contributed by atoms with Crippen molar-refractivity contribution in [2.24, 2.45) is 0 Å². The lowest BCUT2D eigenvalue weighted by molar-refractivity contribution is 0.586. The zero-order valence-electron chi connectivity index (χ0n) is 11.6. The smallest absolute Gasteiger partial charge is 0.0382 e. The fourth-order valence-corrected chi connectivity index (χ4v) is 2.25. The van der Waals surface area contributed by atoms with Crippen LogP contribution in [0.1, 0.15) is 51.3 Å². The molecule has 1 aliphatic heterocycles. The molecule has 0 saturated heterocycles. The number of hydrogen-bond acceptors (Lipinski definition) is 1. The van der Waals surface area contributed by atoms with Crippen LogP contribution in [-0.4, -0.2) is 6.54 Å². The van der Waals surface area contributed by atoms with Gasteiger partial charge in [0.1, 0.15) is 0 Å². The Bertz CT molecular complexity index is 364. The number of benzene rings is 1. The molecule has 1 heteroatoms. The second-order valence-electron chi connectivity index (χ2n) is 4.92. The van der Waals surface area contributed by atoms with E-state index in [9.17, 15) is 0 Å². The predicted octanol–water partition coefficient (Wildman–Crippen LogP) is 4.29. The Morgan fingerprint density at radius 2 is 1.88 bits per heavy atom. The summed E-state index contributed by atoms with van der Waals surface area (Å²) >= 11 is 0. The van der Waals surface area contributed by atoms with Gasteiger partial charge in [-0.15, -0.1) is 0 Å². The molecule has 1 aliphatic rings. The van der Waals surface area contributed by atoms with Crippen molar-refractivity contribution in [2.45, 2.75) is 53.4 Å². The van der Waals surface area contributed by atoms with E-state index in [0.717, 1.165) is 13.0 Å². The van der Waals surface area contributed by atoms with Gasteiger partial charge in [-0.2, -0.15) is 0 Å². The van der Waals surface area contributed by atoms with Crippen molar-refractivity contribution in [1.29, 1.82) is 0 Å². The first-order chi connectivity index (χ1) is 7.54. The molecule has 1 aromatic rings. The maximum absolute atomic E-state index is 3.49. The maximum atomic E-state index is 3.49. The van der Waals surface area contributed by atoms with Crippen molar-refractivity contribution >= 4 is 5.69 Å². The highest BCUT2D eigenvalue weighted by Crippen LogP contribution is 2.37. The number of rotatable bonds is 1. The molecule has 2 rings (SSSR count). The lowest BCUT2D eigenvalue weighted by Crippen LogP contribution is -2.19. The molecule has 0 unspecified atom stereocenters. The highest BCUT2D eigenvalue weighted by molar-refractivity contribution is 5.62. The molecular weight excluding hydrogens is 194 g/mol. The van der Waals surface area contributed by atoms with Crippen molar-refractivity contribution in [3.63, 3.8) is 0 Å². The van der Waals surface area contributed by atoms with Gasteiger partial charge in [-0.3, -0.25) is 0 Å². The average Bonchev–Trinajstić information content (AvgIpc) is 2.57. The highest BCUT2D eigenvalue weighted by Gasteiger charge is 2.29. The molecule has 0 radical (unpaired) electrons. The molecule has 1 heterocycles. The van der Waals surface area contributed by atoms with Crippen molar-refractivity contribution < 1.29 is 0 Å². The minimum absolute atomic E-state index is 0.298. The summed E-state index contributed by atoms with van der Waals surface area (Å²) in [6, 6.07) is 4.67. The van der Waals surface area contributed by atoms with Gasteiger partial charge in [0.05, 0.1) is 0 Å². The molecule has 0 spiro atoms. The average molecular weight is 219 g/mol. The number of nitrogens with one attached hydrogen (secondary N) is 1. The summed E-state index contributed by atoms with van der Waals surface area (Å²) in [5.41, 5.74) is 6.02. The number of aryl methyl sites for hydroxylation is 2. The molecule has 0 fully saturated rings. The Morgan fingerprint density at radius 3 is 2.44 bits per heavy atom. The number of hydrogen-bond donors (Lipinski definition) is 1. The summed E-state index contributed by atoms with van der Waals surface area (Å²) in [7, 11) is 0. The van der Waals surface area contributed by atoms with Gasteiger partial charge in [0, 0.05) is 17.6 Å². The Kier molecular flexibility index (Phi) is 4.01. The number of fused-ring (bicyclic) bond motifs is 1. The third kappa shape index (κ3) is 2.23. The van der Waals surface area contributed by atoms with Gasteiger partial charge in [-0.1, -0.05) is 40.7 Å². The van der Waals surface area contributed by atoms with Crippen LogP contribution < -0.4 is 5.32 Å². The zero-order valence-corrected chi connectivity index (χ0v) is 11.6. The second-order valence-corrected chi connectivity index (χ2v) is 4.92. The van der Waals surface area contributed by atoms with Crippen LogP contribution >= 0.6 is 0 Å². The molecular formula is C15H25N. The van der Waals surface area contributed by atoms with E-state index in [0.29, 0.717) is 5.41 Å². The molecule has 0 aliphatic carbocycles. The van der Waals surface area contributed by atoms with Gasteiger partial charge in [-0.05, 0) is 36.1 Å². The SMILES string of the molecule is CC.CCc1cc2c(cc1C)C(C)(C)CN2. The van der Waals surface area contributed by atoms with Crippen molar-refractivity contribution in [2.75, 3.05) is 11.9 Å². The molecule has 0 saturated carbocycles. The van der Waals surface area contributed by atoms with Gasteiger partial charge < -0.3 is 5.32 Å². The summed E-state index contributed by atoms with van der Waals surface area (Å²) in [5.74, 6) is 0. The zero-order chi connectivity index (χ0) is 12.3. The summed E-state index contributed by atoms with van der Waals surface area (Å²) in [6.07, 6.45) is 1.13. The largest absolute Gasteiger partial charge is 0.384 e. The first kappa shape index (κ1) is 13.1. The molecule has 90 valence electrons. The molecule has 0 atom stereocenters. The molecule has 0 bridgehead atoms. The van der Waals surface area contributed by atoms with E-state index in [1.54, 1.807) is 0 Å². The molecule has 1 aromatic carbocycles.